The van der Waals surface area contributed by atoms with Gasteiger partial charge in [0.05, 0.1) is 5.75 Å². The zero-order valence-electron chi connectivity index (χ0n) is 8.78. The molecular weight excluding hydrogens is 314 g/mol. The van der Waals surface area contributed by atoms with Crippen molar-refractivity contribution >= 4 is 37.4 Å². The van der Waals surface area contributed by atoms with Crippen LogP contribution in [0.2, 0.25) is 5.02 Å². The van der Waals surface area contributed by atoms with E-state index in [9.17, 15) is 8.42 Å². The average Bonchev–Trinajstić information content (AvgIpc) is 2.17. The van der Waals surface area contributed by atoms with Crippen LogP contribution in [-0.4, -0.2) is 20.4 Å². The lowest BCUT2D eigenvalue weighted by Gasteiger charge is -2.13. The number of benzene rings is 1. The summed E-state index contributed by atoms with van der Waals surface area (Å²) < 4.78 is 22.9. The SMILES string of the molecule is CS(=O)(=O)CCC(N)c1cc(Br)ccc1Cl. The van der Waals surface area contributed by atoms with Crippen molar-refractivity contribution in [1.82, 2.24) is 0 Å². The molecule has 0 heterocycles. The highest BCUT2D eigenvalue weighted by Gasteiger charge is 2.13. The van der Waals surface area contributed by atoms with Gasteiger partial charge in [-0.2, -0.15) is 0 Å². The average molecular weight is 327 g/mol. The monoisotopic (exact) mass is 325 g/mol. The van der Waals surface area contributed by atoms with Gasteiger partial charge >= 0.3 is 0 Å². The Hall–Kier alpha value is -0.100. The van der Waals surface area contributed by atoms with Gasteiger partial charge in [0, 0.05) is 21.8 Å². The molecule has 16 heavy (non-hydrogen) atoms. The zero-order valence-corrected chi connectivity index (χ0v) is 11.9. The lowest BCUT2D eigenvalue weighted by Crippen LogP contribution is -2.16. The predicted octanol–water partition coefficient (Wildman–Crippen LogP) is 2.54. The molecule has 0 aliphatic rings. The van der Waals surface area contributed by atoms with E-state index in [2.05, 4.69) is 15.9 Å². The molecule has 1 unspecified atom stereocenters. The first-order valence-corrected chi connectivity index (χ1v) is 7.91. The van der Waals surface area contributed by atoms with Gasteiger partial charge in [0.2, 0.25) is 0 Å². The van der Waals surface area contributed by atoms with Crippen molar-refractivity contribution in [3.8, 4) is 0 Å². The molecule has 1 atom stereocenters. The Labute approximate surface area is 109 Å². The fourth-order valence-electron chi connectivity index (χ4n) is 1.30. The molecule has 3 nitrogen and oxygen atoms in total. The Balaban J connectivity index is 2.80. The van der Waals surface area contributed by atoms with E-state index in [0.29, 0.717) is 11.4 Å². The van der Waals surface area contributed by atoms with Crippen LogP contribution in [0.4, 0.5) is 0 Å². The van der Waals surface area contributed by atoms with Crippen molar-refractivity contribution in [3.63, 3.8) is 0 Å². The molecule has 0 aliphatic heterocycles. The van der Waals surface area contributed by atoms with Crippen LogP contribution < -0.4 is 5.73 Å². The second-order valence-electron chi connectivity index (χ2n) is 3.69. The van der Waals surface area contributed by atoms with Crippen LogP contribution in [0.15, 0.2) is 22.7 Å². The maximum absolute atomic E-state index is 11.0. The third-order valence-corrected chi connectivity index (χ3v) is 3.97. The third kappa shape index (κ3) is 4.41. The Morgan fingerprint density at radius 3 is 2.69 bits per heavy atom. The largest absolute Gasteiger partial charge is 0.324 e. The molecule has 1 aromatic rings. The van der Waals surface area contributed by atoms with Crippen LogP contribution in [0.25, 0.3) is 0 Å². The normalized spacial score (nSPS) is 13.8. The second-order valence-corrected chi connectivity index (χ2v) is 7.27. The van der Waals surface area contributed by atoms with Crippen LogP contribution in [-0.2, 0) is 9.84 Å². The van der Waals surface area contributed by atoms with Crippen molar-refractivity contribution < 1.29 is 8.42 Å². The molecule has 0 saturated heterocycles. The molecule has 0 saturated carbocycles. The minimum Gasteiger partial charge on any atom is -0.324 e. The molecule has 0 spiro atoms. The highest BCUT2D eigenvalue weighted by Crippen LogP contribution is 2.27. The molecule has 0 fully saturated rings. The van der Waals surface area contributed by atoms with Gasteiger partial charge in [-0.05, 0) is 30.2 Å². The Kier molecular flexibility index (Phi) is 4.79. The number of halogens is 2. The molecule has 6 heteroatoms. The fraction of sp³-hybridized carbons (Fsp3) is 0.400. The van der Waals surface area contributed by atoms with Crippen molar-refractivity contribution in [2.45, 2.75) is 12.5 Å². The summed E-state index contributed by atoms with van der Waals surface area (Å²) in [6.45, 7) is 0. The van der Waals surface area contributed by atoms with Crippen molar-refractivity contribution in [2.75, 3.05) is 12.0 Å². The molecule has 1 rings (SSSR count). The second kappa shape index (κ2) is 5.49. The number of hydrogen-bond acceptors (Lipinski definition) is 3. The molecule has 0 aromatic heterocycles. The van der Waals surface area contributed by atoms with E-state index in [1.54, 1.807) is 6.07 Å². The zero-order chi connectivity index (χ0) is 12.3. The van der Waals surface area contributed by atoms with Gasteiger partial charge < -0.3 is 5.73 Å². The van der Waals surface area contributed by atoms with Crippen LogP contribution in [0.3, 0.4) is 0 Å². The fourth-order valence-corrected chi connectivity index (χ4v) is 2.61. The van der Waals surface area contributed by atoms with Gasteiger partial charge in [-0.25, -0.2) is 8.42 Å². The molecule has 0 aliphatic carbocycles. The standard InChI is InChI=1S/C10H13BrClNO2S/c1-16(14,15)5-4-10(13)8-6-7(11)2-3-9(8)12/h2-3,6,10H,4-5,13H2,1H3. The highest BCUT2D eigenvalue weighted by atomic mass is 79.9. The number of sulfone groups is 1. The van der Waals surface area contributed by atoms with Crippen LogP contribution >= 0.6 is 27.5 Å². The quantitative estimate of drug-likeness (QED) is 0.925. The summed E-state index contributed by atoms with van der Waals surface area (Å²) in [7, 11) is -2.98. The first-order valence-electron chi connectivity index (χ1n) is 4.68. The van der Waals surface area contributed by atoms with Gasteiger partial charge in [0.25, 0.3) is 0 Å². The summed E-state index contributed by atoms with van der Waals surface area (Å²) in [5.41, 5.74) is 6.67. The molecule has 90 valence electrons. The minimum atomic E-state index is -2.98. The van der Waals surface area contributed by atoms with E-state index >= 15 is 0 Å². The summed E-state index contributed by atoms with van der Waals surface area (Å²) in [5.74, 6) is 0.0665. The van der Waals surface area contributed by atoms with Crippen LogP contribution in [0.5, 0.6) is 0 Å². The van der Waals surface area contributed by atoms with E-state index < -0.39 is 9.84 Å². The van der Waals surface area contributed by atoms with Gasteiger partial charge in [0.15, 0.2) is 0 Å². The minimum absolute atomic E-state index is 0.0665. The number of nitrogens with two attached hydrogens (primary N) is 1. The molecule has 0 radical (unpaired) electrons. The maximum atomic E-state index is 11.0. The first-order chi connectivity index (χ1) is 7.29. The Morgan fingerprint density at radius 2 is 2.12 bits per heavy atom. The Morgan fingerprint density at radius 1 is 1.50 bits per heavy atom. The van der Waals surface area contributed by atoms with E-state index in [-0.39, 0.29) is 11.8 Å². The van der Waals surface area contributed by atoms with E-state index in [4.69, 9.17) is 17.3 Å². The highest BCUT2D eigenvalue weighted by molar-refractivity contribution is 9.10. The third-order valence-electron chi connectivity index (χ3n) is 2.16. The topological polar surface area (TPSA) is 60.2 Å². The van der Waals surface area contributed by atoms with Gasteiger partial charge in [-0.1, -0.05) is 27.5 Å². The van der Waals surface area contributed by atoms with E-state index in [0.717, 1.165) is 10.0 Å². The summed E-state index contributed by atoms with van der Waals surface area (Å²) in [6.07, 6.45) is 1.57. The van der Waals surface area contributed by atoms with Gasteiger partial charge in [-0.3, -0.25) is 0 Å². The first kappa shape index (κ1) is 14.0. The molecule has 2 N–H and O–H groups in total. The van der Waals surface area contributed by atoms with Gasteiger partial charge in [0.1, 0.15) is 9.84 Å². The van der Waals surface area contributed by atoms with Crippen molar-refractivity contribution in [3.05, 3.63) is 33.3 Å². The van der Waals surface area contributed by atoms with Crippen LogP contribution in [0, 0.1) is 0 Å². The Bertz CT molecular complexity index is 476. The molecule has 1 aromatic carbocycles. The molecule has 0 bridgehead atoms. The predicted molar refractivity (Wildman–Crippen MR) is 70.4 cm³/mol. The number of hydrogen-bond donors (Lipinski definition) is 1. The van der Waals surface area contributed by atoms with Crippen LogP contribution in [0.1, 0.15) is 18.0 Å². The summed E-state index contributed by atoms with van der Waals surface area (Å²) >= 11 is 9.31. The summed E-state index contributed by atoms with van der Waals surface area (Å²) in [6, 6.07) is 5.01. The number of rotatable bonds is 4. The lowest BCUT2D eigenvalue weighted by molar-refractivity contribution is 0.591. The lowest BCUT2D eigenvalue weighted by atomic mass is 10.1. The van der Waals surface area contributed by atoms with Crippen molar-refractivity contribution in [1.29, 1.82) is 0 Å². The smallest absolute Gasteiger partial charge is 0.147 e. The van der Waals surface area contributed by atoms with E-state index in [1.807, 2.05) is 12.1 Å². The molecule has 0 amide bonds. The van der Waals surface area contributed by atoms with Gasteiger partial charge in [-0.15, -0.1) is 0 Å². The summed E-state index contributed by atoms with van der Waals surface area (Å²) in [4.78, 5) is 0. The van der Waals surface area contributed by atoms with E-state index in [1.165, 1.54) is 6.26 Å². The van der Waals surface area contributed by atoms with Crippen molar-refractivity contribution in [2.24, 2.45) is 5.73 Å². The molecular formula is C10H13BrClNO2S. The summed E-state index contributed by atoms with van der Waals surface area (Å²) in [5, 5.41) is 0.559. The maximum Gasteiger partial charge on any atom is 0.147 e.